The Morgan fingerprint density at radius 3 is 2.82 bits per heavy atom. The molecule has 0 aromatic carbocycles. The SMILES string of the molecule is CN(C)c1noc(C2CCCN(C(=O)CC3OCCO3)C2)n1. The molecule has 1 aromatic rings. The zero-order chi connectivity index (χ0) is 15.5. The van der Waals surface area contributed by atoms with E-state index in [4.69, 9.17) is 14.0 Å². The number of rotatable bonds is 4. The number of hydrogen-bond acceptors (Lipinski definition) is 7. The highest BCUT2D eigenvalue weighted by Crippen LogP contribution is 2.27. The monoisotopic (exact) mass is 310 g/mol. The van der Waals surface area contributed by atoms with Crippen LogP contribution in [0.4, 0.5) is 5.95 Å². The first-order valence-corrected chi connectivity index (χ1v) is 7.65. The van der Waals surface area contributed by atoms with Gasteiger partial charge < -0.3 is 23.8 Å². The molecule has 8 nitrogen and oxygen atoms in total. The van der Waals surface area contributed by atoms with Crippen LogP contribution in [0.5, 0.6) is 0 Å². The summed E-state index contributed by atoms with van der Waals surface area (Å²) in [4.78, 5) is 20.4. The first-order valence-electron chi connectivity index (χ1n) is 7.65. The molecule has 0 radical (unpaired) electrons. The molecule has 1 amide bonds. The van der Waals surface area contributed by atoms with Gasteiger partial charge in [-0.05, 0) is 18.0 Å². The predicted octanol–water partition coefficient (Wildman–Crippen LogP) is 0.605. The summed E-state index contributed by atoms with van der Waals surface area (Å²) in [6.45, 7) is 2.50. The molecule has 0 bridgehead atoms. The number of amides is 1. The van der Waals surface area contributed by atoms with Gasteiger partial charge in [0, 0.05) is 27.2 Å². The van der Waals surface area contributed by atoms with E-state index in [-0.39, 0.29) is 18.2 Å². The van der Waals surface area contributed by atoms with Crippen LogP contribution in [-0.2, 0) is 14.3 Å². The van der Waals surface area contributed by atoms with Crippen molar-refractivity contribution in [3.8, 4) is 0 Å². The molecule has 122 valence electrons. The Kier molecular flexibility index (Phi) is 4.58. The summed E-state index contributed by atoms with van der Waals surface area (Å²) >= 11 is 0. The van der Waals surface area contributed by atoms with E-state index in [0.29, 0.717) is 31.6 Å². The van der Waals surface area contributed by atoms with E-state index in [1.54, 1.807) is 4.90 Å². The largest absolute Gasteiger partial charge is 0.350 e. The van der Waals surface area contributed by atoms with Crippen LogP contribution < -0.4 is 4.90 Å². The number of nitrogens with zero attached hydrogens (tertiary/aromatic N) is 4. The maximum atomic E-state index is 12.3. The van der Waals surface area contributed by atoms with Crippen LogP contribution in [0.3, 0.4) is 0 Å². The molecule has 1 atom stereocenters. The summed E-state index contributed by atoms with van der Waals surface area (Å²) in [5, 5.41) is 3.94. The third-order valence-corrected chi connectivity index (χ3v) is 3.99. The average Bonchev–Trinajstić information content (AvgIpc) is 3.18. The van der Waals surface area contributed by atoms with Crippen molar-refractivity contribution < 1.29 is 18.8 Å². The predicted molar refractivity (Wildman–Crippen MR) is 77.5 cm³/mol. The quantitative estimate of drug-likeness (QED) is 0.805. The highest BCUT2D eigenvalue weighted by Gasteiger charge is 2.30. The molecule has 3 rings (SSSR count). The molecule has 2 fully saturated rings. The molecule has 1 aromatic heterocycles. The normalized spacial score (nSPS) is 23.0. The number of ether oxygens (including phenoxy) is 2. The molecule has 0 N–H and O–H groups in total. The average molecular weight is 310 g/mol. The lowest BCUT2D eigenvalue weighted by Crippen LogP contribution is -2.40. The molecule has 2 aliphatic rings. The van der Waals surface area contributed by atoms with Gasteiger partial charge in [-0.25, -0.2) is 0 Å². The van der Waals surface area contributed by atoms with Gasteiger partial charge in [0.2, 0.25) is 11.8 Å². The second kappa shape index (κ2) is 6.62. The second-order valence-corrected chi connectivity index (χ2v) is 5.88. The Labute approximate surface area is 129 Å². The lowest BCUT2D eigenvalue weighted by atomic mass is 9.97. The summed E-state index contributed by atoms with van der Waals surface area (Å²) < 4.78 is 16.0. The molecule has 1 unspecified atom stereocenters. The standard InChI is InChI=1S/C14H22N4O4/c1-17(2)14-15-13(22-16-14)10-4-3-5-18(9-10)11(19)8-12-20-6-7-21-12/h10,12H,3-9H2,1-2H3. The van der Waals surface area contributed by atoms with Gasteiger partial charge in [0.1, 0.15) is 0 Å². The van der Waals surface area contributed by atoms with Crippen molar-refractivity contribution in [1.82, 2.24) is 15.0 Å². The van der Waals surface area contributed by atoms with Gasteiger partial charge in [-0.15, -0.1) is 0 Å². The maximum Gasteiger partial charge on any atom is 0.265 e. The summed E-state index contributed by atoms with van der Waals surface area (Å²) in [7, 11) is 3.74. The van der Waals surface area contributed by atoms with Crippen molar-refractivity contribution in [2.45, 2.75) is 31.5 Å². The molecular weight excluding hydrogens is 288 g/mol. The van der Waals surface area contributed by atoms with Crippen molar-refractivity contribution in [1.29, 1.82) is 0 Å². The van der Waals surface area contributed by atoms with Crippen LogP contribution in [0.2, 0.25) is 0 Å². The first-order chi connectivity index (χ1) is 10.6. The van der Waals surface area contributed by atoms with Crippen LogP contribution in [-0.4, -0.2) is 67.6 Å². The molecule has 2 aliphatic heterocycles. The van der Waals surface area contributed by atoms with Gasteiger partial charge >= 0.3 is 0 Å². The fourth-order valence-electron chi connectivity index (χ4n) is 2.78. The van der Waals surface area contributed by atoms with Crippen molar-refractivity contribution in [3.05, 3.63) is 5.89 Å². The number of aromatic nitrogens is 2. The maximum absolute atomic E-state index is 12.3. The van der Waals surface area contributed by atoms with Gasteiger partial charge in [0.25, 0.3) is 5.95 Å². The van der Waals surface area contributed by atoms with E-state index >= 15 is 0 Å². The lowest BCUT2D eigenvalue weighted by molar-refractivity contribution is -0.140. The first kappa shape index (κ1) is 15.2. The minimum Gasteiger partial charge on any atom is -0.350 e. The molecule has 22 heavy (non-hydrogen) atoms. The van der Waals surface area contributed by atoms with Crippen LogP contribution in [0.25, 0.3) is 0 Å². The molecule has 0 aliphatic carbocycles. The van der Waals surface area contributed by atoms with Gasteiger partial charge in [-0.2, -0.15) is 4.98 Å². The number of carbonyl (C=O) groups excluding carboxylic acids is 1. The summed E-state index contributed by atoms with van der Waals surface area (Å²) in [6, 6.07) is 0. The summed E-state index contributed by atoms with van der Waals surface area (Å²) in [5.74, 6) is 1.33. The Morgan fingerprint density at radius 2 is 2.14 bits per heavy atom. The minimum absolute atomic E-state index is 0.0592. The van der Waals surface area contributed by atoms with Gasteiger partial charge in [0.05, 0.1) is 25.6 Å². The zero-order valence-electron chi connectivity index (χ0n) is 13.0. The zero-order valence-corrected chi connectivity index (χ0v) is 13.0. The highest BCUT2D eigenvalue weighted by atomic mass is 16.7. The highest BCUT2D eigenvalue weighted by molar-refractivity contribution is 5.76. The Balaban J connectivity index is 1.59. The number of piperidine rings is 1. The van der Waals surface area contributed by atoms with E-state index in [1.165, 1.54) is 0 Å². The van der Waals surface area contributed by atoms with Crippen molar-refractivity contribution in [2.75, 3.05) is 45.3 Å². The second-order valence-electron chi connectivity index (χ2n) is 5.88. The topological polar surface area (TPSA) is 80.9 Å². The van der Waals surface area contributed by atoms with Gasteiger partial charge in [-0.3, -0.25) is 4.79 Å². The van der Waals surface area contributed by atoms with E-state index < -0.39 is 6.29 Å². The third kappa shape index (κ3) is 3.38. The molecule has 2 saturated heterocycles. The van der Waals surface area contributed by atoms with Crippen LogP contribution in [0.1, 0.15) is 31.1 Å². The smallest absolute Gasteiger partial charge is 0.265 e. The number of likely N-dealkylation sites (tertiary alicyclic amines) is 1. The van der Waals surface area contributed by atoms with Gasteiger partial charge in [-0.1, -0.05) is 0 Å². The van der Waals surface area contributed by atoms with Crippen LogP contribution in [0, 0.1) is 0 Å². The fourth-order valence-corrected chi connectivity index (χ4v) is 2.78. The van der Waals surface area contributed by atoms with Crippen LogP contribution >= 0.6 is 0 Å². The number of carbonyl (C=O) groups is 1. The van der Waals surface area contributed by atoms with Crippen molar-refractivity contribution in [2.24, 2.45) is 0 Å². The third-order valence-electron chi connectivity index (χ3n) is 3.99. The van der Waals surface area contributed by atoms with Crippen molar-refractivity contribution >= 4 is 11.9 Å². The fraction of sp³-hybridized carbons (Fsp3) is 0.786. The minimum atomic E-state index is -0.392. The van der Waals surface area contributed by atoms with E-state index in [9.17, 15) is 4.79 Å². The van der Waals surface area contributed by atoms with E-state index in [0.717, 1.165) is 19.4 Å². The molecule has 3 heterocycles. The molecule has 8 heteroatoms. The molecular formula is C14H22N4O4. The van der Waals surface area contributed by atoms with E-state index in [2.05, 4.69) is 10.1 Å². The van der Waals surface area contributed by atoms with Gasteiger partial charge in [0.15, 0.2) is 6.29 Å². The Hall–Kier alpha value is -1.67. The summed E-state index contributed by atoms with van der Waals surface area (Å²) in [5.41, 5.74) is 0. The van der Waals surface area contributed by atoms with Crippen LogP contribution in [0.15, 0.2) is 4.52 Å². The lowest BCUT2D eigenvalue weighted by Gasteiger charge is -2.31. The van der Waals surface area contributed by atoms with E-state index in [1.807, 2.05) is 19.0 Å². The number of anilines is 1. The molecule has 0 saturated carbocycles. The number of hydrogen-bond donors (Lipinski definition) is 0. The molecule has 0 spiro atoms. The Bertz CT molecular complexity index is 513. The summed E-state index contributed by atoms with van der Waals surface area (Å²) in [6.07, 6.45) is 1.77. The van der Waals surface area contributed by atoms with Crippen molar-refractivity contribution in [3.63, 3.8) is 0 Å². The Morgan fingerprint density at radius 1 is 1.36 bits per heavy atom.